The van der Waals surface area contributed by atoms with Crippen LogP contribution in [0.25, 0.3) is 5.57 Å². The van der Waals surface area contributed by atoms with Crippen molar-refractivity contribution in [2.75, 3.05) is 13.6 Å². The van der Waals surface area contributed by atoms with Crippen LogP contribution in [-0.2, 0) is 0 Å². The van der Waals surface area contributed by atoms with Crippen LogP contribution < -0.4 is 5.84 Å². The predicted octanol–water partition coefficient (Wildman–Crippen LogP) is 5.16. The Kier molecular flexibility index (Phi) is 8.13. The molecule has 0 atom stereocenters. The second kappa shape index (κ2) is 9.83. The molecule has 0 fully saturated rings. The largest absolute Gasteiger partial charge is 0.230 e. The predicted molar refractivity (Wildman–Crippen MR) is 103 cm³/mol. The molecule has 0 unspecified atom stereocenters. The highest BCUT2D eigenvalue weighted by Gasteiger charge is 2.03. The monoisotopic (exact) mass is 326 g/mol. The smallest absolute Gasteiger partial charge is 0.0870 e. The van der Waals surface area contributed by atoms with Crippen molar-refractivity contribution in [1.82, 2.24) is 5.12 Å². The summed E-state index contributed by atoms with van der Waals surface area (Å²) >= 11 is 0. The van der Waals surface area contributed by atoms with Gasteiger partial charge in [0.1, 0.15) is 0 Å². The Balaban J connectivity index is 3.06. The SMILES string of the molecule is C\C=C(/C=C\C(CN=NN(C)N)=C(\C)CC)c1ccc(C)cc1C. The fourth-order valence-electron chi connectivity index (χ4n) is 2.43. The minimum absolute atomic E-state index is 0.529. The van der Waals surface area contributed by atoms with Gasteiger partial charge in [-0.1, -0.05) is 59.7 Å². The molecule has 0 aliphatic carbocycles. The van der Waals surface area contributed by atoms with Crippen LogP contribution in [-0.4, -0.2) is 18.7 Å². The lowest BCUT2D eigenvalue weighted by Gasteiger charge is -2.09. The average molecular weight is 326 g/mol. The van der Waals surface area contributed by atoms with Crippen molar-refractivity contribution >= 4 is 5.57 Å². The van der Waals surface area contributed by atoms with Crippen LogP contribution in [0.4, 0.5) is 0 Å². The Labute approximate surface area is 146 Å². The molecule has 2 N–H and O–H groups in total. The van der Waals surface area contributed by atoms with Gasteiger partial charge < -0.3 is 0 Å². The highest BCUT2D eigenvalue weighted by Crippen LogP contribution is 2.22. The third-order valence-electron chi connectivity index (χ3n) is 3.99. The summed E-state index contributed by atoms with van der Waals surface area (Å²) < 4.78 is 0. The van der Waals surface area contributed by atoms with Crippen LogP contribution >= 0.6 is 0 Å². The number of hydrazine groups is 1. The van der Waals surface area contributed by atoms with Crippen molar-refractivity contribution in [3.63, 3.8) is 0 Å². The number of hydrogen-bond donors (Lipinski definition) is 1. The lowest BCUT2D eigenvalue weighted by atomic mass is 9.97. The zero-order valence-electron chi connectivity index (χ0n) is 15.8. The zero-order chi connectivity index (χ0) is 18.1. The van der Waals surface area contributed by atoms with Crippen molar-refractivity contribution in [1.29, 1.82) is 0 Å². The van der Waals surface area contributed by atoms with E-state index in [-0.39, 0.29) is 0 Å². The summed E-state index contributed by atoms with van der Waals surface area (Å²) in [5.41, 5.74) is 7.52. The van der Waals surface area contributed by atoms with E-state index in [0.717, 1.165) is 6.42 Å². The second-order valence-electron chi connectivity index (χ2n) is 6.02. The van der Waals surface area contributed by atoms with Crippen LogP contribution in [0.2, 0.25) is 0 Å². The molecule has 0 radical (unpaired) electrons. The summed E-state index contributed by atoms with van der Waals surface area (Å²) in [6.07, 6.45) is 7.43. The molecule has 0 aliphatic heterocycles. The summed E-state index contributed by atoms with van der Waals surface area (Å²) in [4.78, 5) is 0. The van der Waals surface area contributed by atoms with Gasteiger partial charge in [-0.05, 0) is 56.4 Å². The van der Waals surface area contributed by atoms with Crippen molar-refractivity contribution < 1.29 is 0 Å². The van der Waals surface area contributed by atoms with Gasteiger partial charge in [0, 0.05) is 7.05 Å². The summed E-state index contributed by atoms with van der Waals surface area (Å²) in [7, 11) is 1.66. The third-order valence-corrected chi connectivity index (χ3v) is 3.99. The Morgan fingerprint density at radius 2 is 1.96 bits per heavy atom. The number of benzene rings is 1. The van der Waals surface area contributed by atoms with E-state index in [1.165, 1.54) is 38.5 Å². The van der Waals surface area contributed by atoms with Crippen LogP contribution in [0.15, 0.2) is 57.9 Å². The zero-order valence-corrected chi connectivity index (χ0v) is 15.8. The Hall–Kier alpha value is -2.20. The molecule has 0 bridgehead atoms. The number of rotatable bonds is 7. The molecule has 0 aromatic heterocycles. The Morgan fingerprint density at radius 1 is 1.25 bits per heavy atom. The van der Waals surface area contributed by atoms with E-state index in [0.29, 0.717) is 6.54 Å². The molecule has 0 heterocycles. The molecule has 0 spiro atoms. The average Bonchev–Trinajstić information content (AvgIpc) is 2.54. The van der Waals surface area contributed by atoms with E-state index in [1.54, 1.807) is 7.05 Å². The lowest BCUT2D eigenvalue weighted by molar-refractivity contribution is 0.341. The van der Waals surface area contributed by atoms with Crippen molar-refractivity contribution in [3.05, 3.63) is 64.3 Å². The first-order valence-corrected chi connectivity index (χ1v) is 8.35. The van der Waals surface area contributed by atoms with Crippen LogP contribution in [0.1, 0.15) is 43.9 Å². The molecule has 0 saturated heterocycles. The van der Waals surface area contributed by atoms with Gasteiger partial charge in [-0.25, -0.2) is 11.0 Å². The van der Waals surface area contributed by atoms with Gasteiger partial charge >= 0.3 is 0 Å². The number of hydrogen-bond acceptors (Lipinski definition) is 3. The van der Waals surface area contributed by atoms with Crippen molar-refractivity contribution in [2.45, 2.75) is 41.0 Å². The molecule has 0 amide bonds. The molecule has 24 heavy (non-hydrogen) atoms. The summed E-state index contributed by atoms with van der Waals surface area (Å²) in [5, 5.41) is 9.22. The lowest BCUT2D eigenvalue weighted by Crippen LogP contribution is -2.18. The van der Waals surface area contributed by atoms with E-state index >= 15 is 0 Å². The summed E-state index contributed by atoms with van der Waals surface area (Å²) in [6, 6.07) is 6.55. The van der Waals surface area contributed by atoms with Gasteiger partial charge in [0.15, 0.2) is 0 Å². The van der Waals surface area contributed by atoms with Gasteiger partial charge in [0.25, 0.3) is 0 Å². The first-order chi connectivity index (χ1) is 11.4. The number of nitrogens with zero attached hydrogens (tertiary/aromatic N) is 3. The van der Waals surface area contributed by atoms with Crippen LogP contribution in [0.5, 0.6) is 0 Å². The molecule has 1 aromatic carbocycles. The molecule has 4 heteroatoms. The first-order valence-electron chi connectivity index (χ1n) is 8.35. The number of aryl methyl sites for hydroxylation is 2. The van der Waals surface area contributed by atoms with E-state index in [9.17, 15) is 0 Å². The van der Waals surface area contributed by atoms with Gasteiger partial charge in [-0.15, -0.1) is 0 Å². The first kappa shape index (κ1) is 19.8. The van der Waals surface area contributed by atoms with E-state index < -0.39 is 0 Å². The molecule has 0 saturated carbocycles. The third kappa shape index (κ3) is 6.13. The number of allylic oxidation sites excluding steroid dienone is 4. The standard InChI is InChI=1S/C20H30N4/c1-7-16(4)19(14-22-23-24(6)21)11-10-18(8-2)20-12-9-15(3)13-17(20)5/h8-13H,7,14,21H2,1-6H3/b11-10-,18-8+,19-16+,23-22?. The Bertz CT molecular complexity index is 664. The molecular weight excluding hydrogens is 296 g/mol. The molecular formula is C20H30N4. The molecule has 0 aliphatic rings. The van der Waals surface area contributed by atoms with Crippen molar-refractivity contribution in [3.8, 4) is 0 Å². The molecule has 4 nitrogen and oxygen atoms in total. The normalized spacial score (nSPS) is 13.7. The van der Waals surface area contributed by atoms with E-state index in [2.05, 4.69) is 81.4 Å². The van der Waals surface area contributed by atoms with Gasteiger partial charge in [-0.3, -0.25) is 0 Å². The van der Waals surface area contributed by atoms with Gasteiger partial charge in [0.05, 0.1) is 6.54 Å². The summed E-state index contributed by atoms with van der Waals surface area (Å²) in [5.74, 6) is 5.47. The second-order valence-corrected chi connectivity index (χ2v) is 6.02. The van der Waals surface area contributed by atoms with Crippen LogP contribution in [0, 0.1) is 13.8 Å². The fourth-order valence-corrected chi connectivity index (χ4v) is 2.43. The fraction of sp³-hybridized carbons (Fsp3) is 0.400. The van der Waals surface area contributed by atoms with Gasteiger partial charge in [0.2, 0.25) is 0 Å². The topological polar surface area (TPSA) is 54.0 Å². The minimum Gasteiger partial charge on any atom is -0.230 e. The van der Waals surface area contributed by atoms with Crippen molar-refractivity contribution in [2.24, 2.45) is 16.2 Å². The molecule has 1 rings (SSSR count). The van der Waals surface area contributed by atoms with E-state index in [4.69, 9.17) is 5.84 Å². The maximum absolute atomic E-state index is 5.47. The van der Waals surface area contributed by atoms with E-state index in [1.807, 2.05) is 0 Å². The summed E-state index contributed by atoms with van der Waals surface area (Å²) in [6.45, 7) is 11.1. The molecule has 130 valence electrons. The highest BCUT2D eigenvalue weighted by molar-refractivity contribution is 5.76. The number of nitrogens with two attached hydrogens (primary N) is 1. The highest BCUT2D eigenvalue weighted by atomic mass is 15.7. The minimum atomic E-state index is 0.529. The maximum Gasteiger partial charge on any atom is 0.0870 e. The Morgan fingerprint density at radius 3 is 2.50 bits per heavy atom. The maximum atomic E-state index is 5.47. The quantitative estimate of drug-likeness (QED) is 0.325. The van der Waals surface area contributed by atoms with Crippen LogP contribution in [0.3, 0.4) is 0 Å². The van der Waals surface area contributed by atoms with Gasteiger partial charge in [-0.2, -0.15) is 5.11 Å². The molecule has 1 aromatic rings.